The van der Waals surface area contributed by atoms with Crippen molar-refractivity contribution in [2.45, 2.75) is 23.0 Å². The van der Waals surface area contributed by atoms with Gasteiger partial charge in [0.1, 0.15) is 5.82 Å². The zero-order valence-corrected chi connectivity index (χ0v) is 12.2. The van der Waals surface area contributed by atoms with Gasteiger partial charge in [0, 0.05) is 12.2 Å². The normalized spacial score (nSPS) is 21.9. The standard InChI is InChI=1S/C11H15FN2O4S2/c12-8-4-9(13)6-11(5-8)20(17,18)14-7-10-2-1-3-19(10,15)16/h4-6,10,14H,1-3,7,13H2. The predicted molar refractivity (Wildman–Crippen MR) is 72.8 cm³/mol. The third kappa shape index (κ3) is 3.28. The maximum atomic E-state index is 13.2. The van der Waals surface area contributed by atoms with E-state index in [0.717, 1.165) is 18.2 Å². The van der Waals surface area contributed by atoms with Crippen molar-refractivity contribution in [3.8, 4) is 0 Å². The second kappa shape index (κ2) is 5.30. The molecule has 9 heteroatoms. The highest BCUT2D eigenvalue weighted by molar-refractivity contribution is 7.92. The molecule has 0 saturated carbocycles. The molecule has 0 aromatic heterocycles. The number of nitrogen functional groups attached to an aromatic ring is 1. The molecule has 0 aliphatic carbocycles. The Labute approximate surface area is 117 Å². The average molecular weight is 322 g/mol. The average Bonchev–Trinajstić information content (AvgIpc) is 2.64. The first kappa shape index (κ1) is 15.2. The highest BCUT2D eigenvalue weighted by Crippen LogP contribution is 2.20. The van der Waals surface area contributed by atoms with Crippen LogP contribution in [-0.2, 0) is 19.9 Å². The number of hydrogen-bond donors (Lipinski definition) is 2. The SMILES string of the molecule is Nc1cc(F)cc(S(=O)(=O)NCC2CCCS2(=O)=O)c1. The quantitative estimate of drug-likeness (QED) is 0.774. The highest BCUT2D eigenvalue weighted by Gasteiger charge is 2.32. The molecule has 1 heterocycles. The largest absolute Gasteiger partial charge is 0.399 e. The van der Waals surface area contributed by atoms with Gasteiger partial charge in [-0.3, -0.25) is 0 Å². The van der Waals surface area contributed by atoms with E-state index in [0.29, 0.717) is 12.8 Å². The summed E-state index contributed by atoms with van der Waals surface area (Å²) in [4.78, 5) is -0.314. The van der Waals surface area contributed by atoms with Gasteiger partial charge in [-0.15, -0.1) is 0 Å². The van der Waals surface area contributed by atoms with Gasteiger partial charge < -0.3 is 5.73 Å². The molecule has 1 fully saturated rings. The van der Waals surface area contributed by atoms with Crippen molar-refractivity contribution in [3.63, 3.8) is 0 Å². The number of nitrogens with two attached hydrogens (primary N) is 1. The zero-order valence-electron chi connectivity index (χ0n) is 10.5. The molecule has 2 rings (SSSR count). The van der Waals surface area contributed by atoms with E-state index in [9.17, 15) is 21.2 Å². The Bertz CT molecular complexity index is 696. The van der Waals surface area contributed by atoms with Gasteiger partial charge in [0.15, 0.2) is 9.84 Å². The molecule has 1 unspecified atom stereocenters. The molecule has 3 N–H and O–H groups in total. The van der Waals surface area contributed by atoms with Crippen molar-refractivity contribution in [1.29, 1.82) is 0 Å². The zero-order chi connectivity index (χ0) is 15.0. The number of nitrogens with one attached hydrogen (secondary N) is 1. The molecular weight excluding hydrogens is 307 g/mol. The monoisotopic (exact) mass is 322 g/mol. The van der Waals surface area contributed by atoms with Gasteiger partial charge in [0.2, 0.25) is 10.0 Å². The molecule has 1 aliphatic rings. The number of hydrogen-bond acceptors (Lipinski definition) is 5. The first-order valence-electron chi connectivity index (χ1n) is 5.98. The number of anilines is 1. The van der Waals surface area contributed by atoms with Gasteiger partial charge in [-0.1, -0.05) is 0 Å². The van der Waals surface area contributed by atoms with Crippen LogP contribution in [0.15, 0.2) is 23.1 Å². The molecule has 1 aromatic carbocycles. The van der Waals surface area contributed by atoms with Gasteiger partial charge >= 0.3 is 0 Å². The maximum Gasteiger partial charge on any atom is 0.240 e. The minimum atomic E-state index is -3.98. The molecule has 6 nitrogen and oxygen atoms in total. The third-order valence-electron chi connectivity index (χ3n) is 3.17. The summed E-state index contributed by atoms with van der Waals surface area (Å²) < 4.78 is 62.5. The van der Waals surface area contributed by atoms with Crippen molar-refractivity contribution < 1.29 is 21.2 Å². The van der Waals surface area contributed by atoms with E-state index in [1.807, 2.05) is 0 Å². The fourth-order valence-electron chi connectivity index (χ4n) is 2.11. The Morgan fingerprint density at radius 1 is 1.35 bits per heavy atom. The van der Waals surface area contributed by atoms with Crippen molar-refractivity contribution in [2.75, 3.05) is 18.0 Å². The highest BCUT2D eigenvalue weighted by atomic mass is 32.2. The minimum absolute atomic E-state index is 0.0149. The summed E-state index contributed by atoms with van der Waals surface area (Å²) >= 11 is 0. The second-order valence-corrected chi connectivity index (χ2v) is 8.87. The van der Waals surface area contributed by atoms with Gasteiger partial charge in [0.25, 0.3) is 0 Å². The van der Waals surface area contributed by atoms with E-state index >= 15 is 0 Å². The van der Waals surface area contributed by atoms with Crippen LogP contribution in [0.2, 0.25) is 0 Å². The van der Waals surface area contributed by atoms with Crippen LogP contribution in [-0.4, -0.2) is 34.4 Å². The molecule has 0 radical (unpaired) electrons. The fraction of sp³-hybridized carbons (Fsp3) is 0.455. The summed E-state index contributed by atoms with van der Waals surface area (Å²) in [6.45, 7) is -0.207. The van der Waals surface area contributed by atoms with Crippen LogP contribution in [0.4, 0.5) is 10.1 Å². The van der Waals surface area contributed by atoms with Gasteiger partial charge in [-0.05, 0) is 31.0 Å². The van der Waals surface area contributed by atoms with Crippen LogP contribution in [0.25, 0.3) is 0 Å². The fourth-order valence-corrected chi connectivity index (χ4v) is 5.13. The van der Waals surface area contributed by atoms with E-state index in [4.69, 9.17) is 5.73 Å². The molecule has 1 aromatic rings. The number of sulfone groups is 1. The number of benzene rings is 1. The van der Waals surface area contributed by atoms with E-state index in [1.165, 1.54) is 0 Å². The molecule has 1 aliphatic heterocycles. The van der Waals surface area contributed by atoms with Gasteiger partial charge in [-0.25, -0.2) is 25.9 Å². The molecule has 0 amide bonds. The molecular formula is C11H15FN2O4S2. The van der Waals surface area contributed by atoms with Crippen molar-refractivity contribution in [1.82, 2.24) is 4.72 Å². The Morgan fingerprint density at radius 2 is 2.05 bits per heavy atom. The molecule has 112 valence electrons. The topological polar surface area (TPSA) is 106 Å². The van der Waals surface area contributed by atoms with Gasteiger partial charge in [0.05, 0.1) is 15.9 Å². The number of sulfonamides is 1. The third-order valence-corrected chi connectivity index (χ3v) is 6.85. The van der Waals surface area contributed by atoms with Crippen molar-refractivity contribution in [2.24, 2.45) is 0 Å². The van der Waals surface area contributed by atoms with E-state index in [1.54, 1.807) is 0 Å². The second-order valence-electron chi connectivity index (χ2n) is 4.70. The number of halogens is 1. The molecule has 1 atom stereocenters. The Hall–Kier alpha value is -1.19. The summed E-state index contributed by atoms with van der Waals surface area (Å²) in [7, 11) is -7.21. The molecule has 20 heavy (non-hydrogen) atoms. The molecule has 0 bridgehead atoms. The Balaban J connectivity index is 2.16. The lowest BCUT2D eigenvalue weighted by molar-refractivity contribution is 0.568. The summed E-state index contributed by atoms with van der Waals surface area (Å²) in [5, 5.41) is -0.719. The predicted octanol–water partition coefficient (Wildman–Crippen LogP) is 0.263. The molecule has 1 saturated heterocycles. The lowest BCUT2D eigenvalue weighted by Crippen LogP contribution is -2.34. The van der Waals surface area contributed by atoms with Crippen LogP contribution < -0.4 is 10.5 Å². The Kier molecular flexibility index (Phi) is 4.03. The summed E-state index contributed by atoms with van der Waals surface area (Å²) in [5.74, 6) is -0.689. The van der Waals surface area contributed by atoms with E-state index in [2.05, 4.69) is 4.72 Å². The molecule has 0 spiro atoms. The maximum absolute atomic E-state index is 13.2. The summed E-state index contributed by atoms with van der Waals surface area (Å²) in [6.07, 6.45) is 0.956. The first-order valence-corrected chi connectivity index (χ1v) is 9.18. The van der Waals surface area contributed by atoms with Crippen molar-refractivity contribution in [3.05, 3.63) is 24.0 Å². The lowest BCUT2D eigenvalue weighted by Gasteiger charge is -2.11. The van der Waals surface area contributed by atoms with Gasteiger partial charge in [-0.2, -0.15) is 0 Å². The van der Waals surface area contributed by atoms with Crippen LogP contribution in [0.1, 0.15) is 12.8 Å². The smallest absolute Gasteiger partial charge is 0.240 e. The van der Waals surface area contributed by atoms with Crippen LogP contribution in [0.3, 0.4) is 0 Å². The van der Waals surface area contributed by atoms with E-state index < -0.39 is 30.9 Å². The lowest BCUT2D eigenvalue weighted by atomic mass is 10.2. The van der Waals surface area contributed by atoms with Crippen molar-refractivity contribution >= 4 is 25.5 Å². The number of rotatable bonds is 4. The van der Waals surface area contributed by atoms with Crippen LogP contribution in [0.5, 0.6) is 0 Å². The van der Waals surface area contributed by atoms with Crippen LogP contribution in [0, 0.1) is 5.82 Å². The summed E-state index contributed by atoms with van der Waals surface area (Å²) in [6, 6.07) is 2.96. The van der Waals surface area contributed by atoms with E-state index in [-0.39, 0.29) is 22.9 Å². The first-order chi connectivity index (χ1) is 9.21. The summed E-state index contributed by atoms with van der Waals surface area (Å²) in [5.41, 5.74) is 5.37. The minimum Gasteiger partial charge on any atom is -0.399 e. The van der Waals surface area contributed by atoms with Crippen LogP contribution >= 0.6 is 0 Å². The Morgan fingerprint density at radius 3 is 2.60 bits per heavy atom.